The second-order valence-corrected chi connectivity index (χ2v) is 5.65. The van der Waals surface area contributed by atoms with Crippen molar-refractivity contribution in [1.82, 2.24) is 15.1 Å². The topological polar surface area (TPSA) is 61.2 Å². The second-order valence-electron chi connectivity index (χ2n) is 5.65. The van der Waals surface area contributed by atoms with Gasteiger partial charge in [0.15, 0.2) is 0 Å². The van der Waals surface area contributed by atoms with E-state index in [0.29, 0.717) is 6.04 Å². The lowest BCUT2D eigenvalue weighted by molar-refractivity contribution is 0.231. The molecule has 1 atom stereocenters. The lowest BCUT2D eigenvalue weighted by Crippen LogP contribution is -2.50. The van der Waals surface area contributed by atoms with Gasteiger partial charge in [-0.25, -0.2) is 0 Å². The monoisotopic (exact) mass is 257 g/mol. The van der Waals surface area contributed by atoms with E-state index in [1.54, 1.807) is 0 Å². The first-order valence-corrected chi connectivity index (χ1v) is 7.03. The average Bonchev–Trinajstić information content (AvgIpc) is 3.04. The van der Waals surface area contributed by atoms with Crippen LogP contribution < -0.4 is 10.6 Å². The molecule has 1 unspecified atom stereocenters. The Morgan fingerprint density at radius 2 is 2.21 bits per heavy atom. The van der Waals surface area contributed by atoms with Gasteiger partial charge in [-0.2, -0.15) is 5.10 Å². The molecule has 4 rings (SSSR count). The fraction of sp³-hybridized carbons (Fsp3) is 0.500. The van der Waals surface area contributed by atoms with Gasteiger partial charge in [-0.05, 0) is 31.5 Å². The molecule has 2 fully saturated rings. The molecule has 0 radical (unpaired) electrons. The summed E-state index contributed by atoms with van der Waals surface area (Å²) >= 11 is 0. The van der Waals surface area contributed by atoms with Crippen LogP contribution in [-0.2, 0) is 0 Å². The van der Waals surface area contributed by atoms with Gasteiger partial charge in [0.05, 0.1) is 23.1 Å². The Labute approximate surface area is 112 Å². The van der Waals surface area contributed by atoms with Crippen molar-refractivity contribution in [3.8, 4) is 0 Å². The van der Waals surface area contributed by atoms with Gasteiger partial charge < -0.3 is 10.6 Å². The molecule has 0 bridgehead atoms. The lowest BCUT2D eigenvalue weighted by atomic mass is 10.1. The van der Waals surface area contributed by atoms with Crippen molar-refractivity contribution in [1.29, 1.82) is 0 Å². The minimum Gasteiger partial charge on any atom is -0.397 e. The molecule has 100 valence electrons. The summed E-state index contributed by atoms with van der Waals surface area (Å²) in [5.41, 5.74) is 9.30. The number of nitrogen functional groups attached to an aromatic ring is 1. The Balaban J connectivity index is 1.67. The molecule has 3 heterocycles. The summed E-state index contributed by atoms with van der Waals surface area (Å²) < 4.78 is 0. The van der Waals surface area contributed by atoms with Gasteiger partial charge >= 0.3 is 0 Å². The Morgan fingerprint density at radius 1 is 1.26 bits per heavy atom. The van der Waals surface area contributed by atoms with Crippen molar-refractivity contribution in [2.45, 2.75) is 18.9 Å². The minimum absolute atomic E-state index is 0.714. The number of nitrogens with two attached hydrogens (primary N) is 1. The highest BCUT2D eigenvalue weighted by Gasteiger charge is 2.31. The van der Waals surface area contributed by atoms with E-state index in [9.17, 15) is 0 Å². The number of anilines is 2. The molecule has 0 spiro atoms. The summed E-state index contributed by atoms with van der Waals surface area (Å²) in [6, 6.07) is 4.88. The molecule has 2 aliphatic rings. The lowest BCUT2D eigenvalue weighted by Gasteiger charge is -2.39. The Morgan fingerprint density at radius 3 is 3.16 bits per heavy atom. The van der Waals surface area contributed by atoms with E-state index >= 15 is 0 Å². The van der Waals surface area contributed by atoms with Crippen molar-refractivity contribution < 1.29 is 0 Å². The highest BCUT2D eigenvalue weighted by atomic mass is 15.3. The number of H-pyrrole nitrogens is 1. The molecule has 2 aliphatic heterocycles. The number of aromatic nitrogens is 2. The summed E-state index contributed by atoms with van der Waals surface area (Å²) in [5, 5.41) is 8.19. The van der Waals surface area contributed by atoms with Gasteiger partial charge in [0, 0.05) is 31.1 Å². The van der Waals surface area contributed by atoms with E-state index < -0.39 is 0 Å². The molecule has 5 heteroatoms. The molecule has 19 heavy (non-hydrogen) atoms. The number of nitrogens with zero attached hydrogens (tertiary/aromatic N) is 3. The fourth-order valence-corrected chi connectivity index (χ4v) is 3.48. The molecule has 1 aromatic heterocycles. The fourth-order valence-electron chi connectivity index (χ4n) is 3.48. The van der Waals surface area contributed by atoms with Crippen molar-refractivity contribution in [3.63, 3.8) is 0 Å². The molecule has 0 saturated carbocycles. The normalized spacial score (nSPS) is 24.0. The van der Waals surface area contributed by atoms with E-state index in [1.807, 2.05) is 12.3 Å². The van der Waals surface area contributed by atoms with Crippen LogP contribution in [0.25, 0.3) is 10.9 Å². The zero-order valence-corrected chi connectivity index (χ0v) is 11.0. The SMILES string of the molecule is Nc1cc2cn[nH]c2cc1N1CCN2CCCC2C1. The van der Waals surface area contributed by atoms with Crippen LogP contribution in [-0.4, -0.2) is 47.3 Å². The van der Waals surface area contributed by atoms with Gasteiger partial charge in [0.2, 0.25) is 0 Å². The minimum atomic E-state index is 0.714. The van der Waals surface area contributed by atoms with Crippen LogP contribution in [0.2, 0.25) is 0 Å². The summed E-state index contributed by atoms with van der Waals surface area (Å²) in [5.74, 6) is 0. The molecule has 2 aromatic rings. The van der Waals surface area contributed by atoms with E-state index in [2.05, 4.69) is 26.1 Å². The van der Waals surface area contributed by atoms with Crippen molar-refractivity contribution in [2.24, 2.45) is 0 Å². The van der Waals surface area contributed by atoms with Crippen LogP contribution >= 0.6 is 0 Å². The molecule has 0 amide bonds. The van der Waals surface area contributed by atoms with Crippen molar-refractivity contribution >= 4 is 22.3 Å². The van der Waals surface area contributed by atoms with Gasteiger partial charge in [-0.1, -0.05) is 0 Å². The van der Waals surface area contributed by atoms with E-state index in [-0.39, 0.29) is 0 Å². The number of nitrogens with one attached hydrogen (secondary N) is 1. The molecular weight excluding hydrogens is 238 g/mol. The number of hydrogen-bond acceptors (Lipinski definition) is 4. The summed E-state index contributed by atoms with van der Waals surface area (Å²) in [7, 11) is 0. The summed E-state index contributed by atoms with van der Waals surface area (Å²) in [6.45, 7) is 4.60. The first kappa shape index (κ1) is 11.1. The second kappa shape index (κ2) is 4.13. The first-order chi connectivity index (χ1) is 9.31. The molecule has 0 aliphatic carbocycles. The zero-order valence-electron chi connectivity index (χ0n) is 11.0. The molecule has 5 nitrogen and oxygen atoms in total. The number of aromatic amines is 1. The maximum atomic E-state index is 6.22. The van der Waals surface area contributed by atoms with Crippen LogP contribution in [0.1, 0.15) is 12.8 Å². The third-order valence-electron chi connectivity index (χ3n) is 4.52. The van der Waals surface area contributed by atoms with Crippen LogP contribution in [0.15, 0.2) is 18.3 Å². The maximum absolute atomic E-state index is 6.22. The highest BCUT2D eigenvalue weighted by molar-refractivity contribution is 5.88. The van der Waals surface area contributed by atoms with Crippen molar-refractivity contribution in [3.05, 3.63) is 18.3 Å². The van der Waals surface area contributed by atoms with Gasteiger partial charge in [-0.3, -0.25) is 10.00 Å². The smallest absolute Gasteiger partial charge is 0.0672 e. The Kier molecular flexibility index (Phi) is 2.41. The summed E-state index contributed by atoms with van der Waals surface area (Å²) in [4.78, 5) is 5.05. The Hall–Kier alpha value is -1.75. The predicted octanol–water partition coefficient (Wildman–Crippen LogP) is 1.43. The molecule has 1 aromatic carbocycles. The maximum Gasteiger partial charge on any atom is 0.0672 e. The number of fused-ring (bicyclic) bond motifs is 2. The predicted molar refractivity (Wildman–Crippen MR) is 77.3 cm³/mol. The number of rotatable bonds is 1. The Bertz CT molecular complexity index is 605. The highest BCUT2D eigenvalue weighted by Crippen LogP contribution is 2.31. The van der Waals surface area contributed by atoms with E-state index in [4.69, 9.17) is 5.73 Å². The third-order valence-corrected chi connectivity index (χ3v) is 4.52. The standard InChI is InChI=1S/C14H19N5/c15-12-6-10-8-16-17-13(10)7-14(12)19-5-4-18-3-1-2-11(18)9-19/h6-8,11H,1-5,9,15H2,(H,16,17). The largest absolute Gasteiger partial charge is 0.397 e. The first-order valence-electron chi connectivity index (χ1n) is 7.03. The number of benzene rings is 1. The third kappa shape index (κ3) is 1.76. The molecular formula is C14H19N5. The van der Waals surface area contributed by atoms with Crippen LogP contribution in [0.4, 0.5) is 11.4 Å². The molecule has 3 N–H and O–H groups in total. The summed E-state index contributed by atoms with van der Waals surface area (Å²) in [6.07, 6.45) is 4.49. The zero-order chi connectivity index (χ0) is 12.8. The van der Waals surface area contributed by atoms with E-state index in [1.165, 1.54) is 19.4 Å². The quantitative estimate of drug-likeness (QED) is 0.759. The van der Waals surface area contributed by atoms with Crippen LogP contribution in [0.5, 0.6) is 0 Å². The van der Waals surface area contributed by atoms with Crippen LogP contribution in [0, 0.1) is 0 Å². The average molecular weight is 257 g/mol. The number of piperazine rings is 1. The van der Waals surface area contributed by atoms with Gasteiger partial charge in [0.1, 0.15) is 0 Å². The van der Waals surface area contributed by atoms with Gasteiger partial charge in [0.25, 0.3) is 0 Å². The van der Waals surface area contributed by atoms with Gasteiger partial charge in [-0.15, -0.1) is 0 Å². The van der Waals surface area contributed by atoms with E-state index in [0.717, 1.165) is 41.9 Å². The molecule has 2 saturated heterocycles. The number of hydrogen-bond donors (Lipinski definition) is 2. The van der Waals surface area contributed by atoms with Crippen molar-refractivity contribution in [2.75, 3.05) is 36.8 Å². The van der Waals surface area contributed by atoms with Crippen LogP contribution in [0.3, 0.4) is 0 Å².